The van der Waals surface area contributed by atoms with Crippen LogP contribution in [-0.4, -0.2) is 51.7 Å². The average Bonchev–Trinajstić information content (AvgIpc) is 3.40. The molecule has 298 valence electrons. The van der Waals surface area contributed by atoms with Crippen LogP contribution in [0.3, 0.4) is 0 Å². The predicted molar refractivity (Wildman–Crippen MR) is 209 cm³/mol. The fourth-order valence-electron chi connectivity index (χ4n) is 14.3. The van der Waals surface area contributed by atoms with Crippen molar-refractivity contribution in [3.8, 4) is 0 Å². The molecule has 7 rings (SSSR count). The number of aliphatic carboxylic acids is 1. The van der Waals surface area contributed by atoms with Crippen molar-refractivity contribution in [2.24, 2.45) is 68.0 Å². The van der Waals surface area contributed by atoms with Crippen LogP contribution in [0.4, 0.5) is 5.82 Å². The number of nitrogens with zero attached hydrogens (tertiary/aromatic N) is 1. The fraction of sp³-hybridized carbons (Fsp3) is 0.778. The zero-order valence-electron chi connectivity index (χ0n) is 34.4. The molecule has 0 bridgehead atoms. The number of Topliss-reactive ketones (excluding diaryl/α,β-unsaturated/α-hetero) is 1. The van der Waals surface area contributed by atoms with Gasteiger partial charge >= 0.3 is 11.9 Å². The molecule has 5 saturated carbocycles. The highest BCUT2D eigenvalue weighted by Crippen LogP contribution is 2.77. The summed E-state index contributed by atoms with van der Waals surface area (Å²) in [5.41, 5.74) is 7.83. The number of nitrogen functional groups attached to an aromatic ring is 1. The number of carboxylic acids is 1. The first-order valence-corrected chi connectivity index (χ1v) is 21.0. The van der Waals surface area contributed by atoms with Crippen molar-refractivity contribution in [1.29, 1.82) is 0 Å². The second-order valence-corrected chi connectivity index (χ2v) is 20.9. The Morgan fingerprint density at radius 2 is 1.65 bits per heavy atom. The van der Waals surface area contributed by atoms with Crippen molar-refractivity contribution >= 4 is 23.5 Å². The first-order valence-electron chi connectivity index (χ1n) is 21.0. The molecule has 0 aromatic carbocycles. The van der Waals surface area contributed by atoms with E-state index in [1.807, 2.05) is 19.9 Å². The first kappa shape index (κ1) is 39.5. The van der Waals surface area contributed by atoms with Crippen LogP contribution in [0.5, 0.6) is 0 Å². The molecule has 0 spiro atoms. The number of carboxylic acid groups (broad SMARTS) is 1. The lowest BCUT2D eigenvalue weighted by Crippen LogP contribution is -2.66. The van der Waals surface area contributed by atoms with E-state index in [0.29, 0.717) is 43.6 Å². The Balaban J connectivity index is 1.12. The minimum Gasteiger partial charge on any atom is -0.481 e. The molecular formula is C45H67N3O6. The maximum absolute atomic E-state index is 14.1. The van der Waals surface area contributed by atoms with E-state index in [-0.39, 0.29) is 57.3 Å². The number of aromatic nitrogens is 1. The summed E-state index contributed by atoms with van der Waals surface area (Å²) in [6.45, 7) is 21.3. The molecule has 1 aromatic heterocycles. The molecule has 0 aliphatic heterocycles. The zero-order chi connectivity index (χ0) is 39.4. The van der Waals surface area contributed by atoms with E-state index >= 15 is 0 Å². The molecule has 11 atom stereocenters. The van der Waals surface area contributed by atoms with Crippen LogP contribution < -0.4 is 11.1 Å². The molecule has 1 aromatic rings. The number of nitrogens with two attached hydrogens (primary N) is 1. The number of esters is 1. The number of anilines is 1. The molecule has 0 radical (unpaired) electrons. The number of aliphatic hydroxyl groups is 1. The number of aliphatic hydroxyl groups excluding tert-OH is 1. The van der Waals surface area contributed by atoms with Crippen molar-refractivity contribution in [2.75, 3.05) is 12.3 Å². The zero-order valence-corrected chi connectivity index (χ0v) is 34.4. The van der Waals surface area contributed by atoms with Crippen LogP contribution >= 0.6 is 0 Å². The van der Waals surface area contributed by atoms with Gasteiger partial charge in [-0.05, 0) is 120 Å². The average molecular weight is 746 g/mol. The Morgan fingerprint density at radius 1 is 0.926 bits per heavy atom. The van der Waals surface area contributed by atoms with E-state index in [0.717, 1.165) is 62.5 Å². The van der Waals surface area contributed by atoms with Gasteiger partial charge in [-0.15, -0.1) is 0 Å². The summed E-state index contributed by atoms with van der Waals surface area (Å²) in [6.07, 6.45) is 9.56. The van der Waals surface area contributed by atoms with Crippen LogP contribution in [0.1, 0.15) is 132 Å². The predicted octanol–water partition coefficient (Wildman–Crippen LogP) is 7.75. The van der Waals surface area contributed by atoms with Gasteiger partial charge in [0, 0.05) is 36.5 Å². The number of ketones is 1. The Bertz CT molecular complexity index is 1720. The van der Waals surface area contributed by atoms with Crippen LogP contribution in [0.2, 0.25) is 0 Å². The molecule has 9 heteroatoms. The van der Waals surface area contributed by atoms with Gasteiger partial charge in [-0.2, -0.15) is 0 Å². The molecule has 0 unspecified atom stereocenters. The van der Waals surface area contributed by atoms with Gasteiger partial charge in [-0.1, -0.05) is 74.0 Å². The summed E-state index contributed by atoms with van der Waals surface area (Å²) in [4.78, 5) is 43.6. The second kappa shape index (κ2) is 13.1. The third kappa shape index (κ3) is 5.58. The molecule has 0 saturated heterocycles. The van der Waals surface area contributed by atoms with Gasteiger partial charge in [-0.25, -0.2) is 4.98 Å². The number of allylic oxidation sites excluding steroid dienone is 1. The number of ether oxygens (including phenoxy) is 1. The smallest absolute Gasteiger partial charge is 0.309 e. The number of hydrogen-bond acceptors (Lipinski definition) is 8. The summed E-state index contributed by atoms with van der Waals surface area (Å²) >= 11 is 0. The van der Waals surface area contributed by atoms with Gasteiger partial charge < -0.3 is 26.0 Å². The van der Waals surface area contributed by atoms with Crippen LogP contribution in [-0.2, 0) is 25.7 Å². The second-order valence-electron chi connectivity index (χ2n) is 20.9. The number of carbonyl (C=O) groups is 3. The van der Waals surface area contributed by atoms with Gasteiger partial charge in [0.05, 0.1) is 17.9 Å². The lowest BCUT2D eigenvalue weighted by Gasteiger charge is -2.72. The van der Waals surface area contributed by atoms with Crippen LogP contribution in [0.25, 0.3) is 0 Å². The molecular weight excluding hydrogens is 679 g/mol. The largest absolute Gasteiger partial charge is 0.481 e. The van der Waals surface area contributed by atoms with E-state index in [1.54, 1.807) is 12.3 Å². The Morgan fingerprint density at radius 3 is 2.28 bits per heavy atom. The molecule has 5 fully saturated rings. The monoisotopic (exact) mass is 746 g/mol. The first-order chi connectivity index (χ1) is 25.1. The normalized spacial score (nSPS) is 41.2. The van der Waals surface area contributed by atoms with Crippen LogP contribution in [0.15, 0.2) is 29.5 Å². The van der Waals surface area contributed by atoms with Crippen molar-refractivity contribution in [3.05, 3.63) is 35.0 Å². The minimum absolute atomic E-state index is 0.0137. The topological polar surface area (TPSA) is 152 Å². The molecule has 9 nitrogen and oxygen atoms in total. The summed E-state index contributed by atoms with van der Waals surface area (Å²) in [5.74, 6) is 0.00907. The Labute approximate surface area is 323 Å². The third-order valence-electron chi connectivity index (χ3n) is 17.7. The molecule has 6 aliphatic carbocycles. The highest BCUT2D eigenvalue weighted by molar-refractivity contribution is 6.00. The van der Waals surface area contributed by atoms with E-state index in [2.05, 4.69) is 58.8 Å². The van der Waals surface area contributed by atoms with E-state index in [4.69, 9.17) is 10.5 Å². The molecule has 1 heterocycles. The van der Waals surface area contributed by atoms with E-state index < -0.39 is 28.8 Å². The number of fused-ring (bicyclic) bond motifs is 7. The van der Waals surface area contributed by atoms with Gasteiger partial charge in [0.25, 0.3) is 0 Å². The maximum atomic E-state index is 14.1. The highest BCUT2D eigenvalue weighted by atomic mass is 16.5. The number of carbonyl (C=O) groups excluding carboxylic acids is 2. The summed E-state index contributed by atoms with van der Waals surface area (Å²) in [5, 5.41) is 25.3. The van der Waals surface area contributed by atoms with Crippen molar-refractivity contribution < 1.29 is 29.3 Å². The standard InChI is InChI=1S/C45H67N3O6/c1-25(2)36-30(49)21-45(33(50)24-47-22-26-10-13-35(46)48-23-26)19-18-43(8)27(37(36)45)11-12-32-42(7)16-15-34(41(5,6)31(42)14-17-44(32,43)9)54-39(53)29-20-28(38(51)52)40(29,3)4/h10,13,23,25,27-29,31-34,47,50H,11-12,14-22,24H2,1-9H3,(H2,46,48)(H,51,52)/t27-,28+,29-,31+,32-,33+,34+,42+,43-,44-,45+/m1/s1. The molecule has 5 N–H and O–H groups in total. The lowest BCUT2D eigenvalue weighted by atomic mass is 9.33. The fourth-order valence-corrected chi connectivity index (χ4v) is 14.3. The summed E-state index contributed by atoms with van der Waals surface area (Å²) in [7, 11) is 0. The highest BCUT2D eigenvalue weighted by Gasteiger charge is 2.71. The Hall–Kier alpha value is -2.78. The quantitative estimate of drug-likeness (QED) is 0.186. The van der Waals surface area contributed by atoms with Gasteiger partial charge in [0.2, 0.25) is 0 Å². The minimum atomic E-state index is -0.831. The van der Waals surface area contributed by atoms with E-state index in [1.165, 1.54) is 5.57 Å². The van der Waals surface area contributed by atoms with Crippen molar-refractivity contribution in [3.63, 3.8) is 0 Å². The van der Waals surface area contributed by atoms with Crippen LogP contribution in [0, 0.1) is 68.0 Å². The number of rotatable bonds is 9. The summed E-state index contributed by atoms with van der Waals surface area (Å²) in [6, 6.07) is 3.75. The Kier molecular flexibility index (Phi) is 9.60. The van der Waals surface area contributed by atoms with Gasteiger partial charge in [-0.3, -0.25) is 14.4 Å². The molecule has 0 amide bonds. The number of pyridine rings is 1. The molecule has 54 heavy (non-hydrogen) atoms. The molecule has 6 aliphatic rings. The lowest BCUT2D eigenvalue weighted by molar-refractivity contribution is -0.238. The third-order valence-corrected chi connectivity index (χ3v) is 17.7. The number of hydrogen-bond donors (Lipinski definition) is 4. The van der Waals surface area contributed by atoms with E-state index in [9.17, 15) is 24.6 Å². The van der Waals surface area contributed by atoms with Gasteiger partial charge in [0.15, 0.2) is 5.78 Å². The SMILES string of the molecule is CC(C)C1=C2[C@H]3CC[C@@H]4[C@@]5(C)CC[C@H](OC(=O)[C@H]6C[C@@H](C(=O)O)C6(C)C)C(C)(C)[C@@H]5CC[C@@]4(C)[C@]3(C)CC[C@@]2([C@@H](O)CNCc2ccc(N)nc2)CC1=O. The van der Waals surface area contributed by atoms with Crippen molar-refractivity contribution in [1.82, 2.24) is 10.3 Å². The maximum Gasteiger partial charge on any atom is 0.309 e. The van der Waals surface area contributed by atoms with Crippen molar-refractivity contribution in [2.45, 2.75) is 145 Å². The van der Waals surface area contributed by atoms with Gasteiger partial charge in [0.1, 0.15) is 11.9 Å². The summed E-state index contributed by atoms with van der Waals surface area (Å²) < 4.78 is 6.41. The number of nitrogens with one attached hydrogen (secondary N) is 1.